The number of halogens is 1. The van der Waals surface area contributed by atoms with Gasteiger partial charge in [-0.3, -0.25) is 0 Å². The third-order valence-electron chi connectivity index (χ3n) is 3.14. The van der Waals surface area contributed by atoms with Crippen molar-refractivity contribution in [1.29, 1.82) is 0 Å². The minimum Gasteiger partial charge on any atom is -0.386 e. The third-order valence-corrected chi connectivity index (χ3v) is 3.14. The first kappa shape index (κ1) is 11.6. The summed E-state index contributed by atoms with van der Waals surface area (Å²) in [6.07, 6.45) is 1.24. The summed E-state index contributed by atoms with van der Waals surface area (Å²) in [7, 11) is 0. The normalized spacial score (nSPS) is 27.0. The van der Waals surface area contributed by atoms with E-state index in [0.29, 0.717) is 5.56 Å². The van der Waals surface area contributed by atoms with Crippen LogP contribution in [0.15, 0.2) is 18.2 Å². The van der Waals surface area contributed by atoms with Gasteiger partial charge in [0.1, 0.15) is 11.9 Å². The van der Waals surface area contributed by atoms with E-state index in [2.05, 4.69) is 0 Å². The smallest absolute Gasteiger partial charge is 0.126 e. The van der Waals surface area contributed by atoms with Gasteiger partial charge in [0.2, 0.25) is 0 Å². The molecular formula is C13H17FO2. The molecule has 0 spiro atoms. The van der Waals surface area contributed by atoms with E-state index in [4.69, 9.17) is 4.74 Å². The summed E-state index contributed by atoms with van der Waals surface area (Å²) in [6, 6.07) is 4.71. The molecule has 0 aliphatic carbocycles. The molecule has 0 radical (unpaired) electrons. The Morgan fingerprint density at radius 2 is 2.19 bits per heavy atom. The molecule has 1 aromatic rings. The van der Waals surface area contributed by atoms with E-state index in [9.17, 15) is 9.50 Å². The Kier molecular flexibility index (Phi) is 3.26. The number of rotatable bonds is 2. The number of aliphatic hydroxyl groups excluding tert-OH is 1. The highest BCUT2D eigenvalue weighted by Crippen LogP contribution is 2.30. The van der Waals surface area contributed by atoms with Gasteiger partial charge in [-0.15, -0.1) is 0 Å². The summed E-state index contributed by atoms with van der Waals surface area (Å²) >= 11 is 0. The molecular weight excluding hydrogens is 207 g/mol. The minimum atomic E-state index is -0.649. The zero-order valence-electron chi connectivity index (χ0n) is 9.61. The molecule has 0 amide bonds. The highest BCUT2D eigenvalue weighted by Gasteiger charge is 2.29. The maximum atomic E-state index is 13.1. The molecule has 0 saturated carbocycles. The van der Waals surface area contributed by atoms with Gasteiger partial charge in [0.15, 0.2) is 0 Å². The molecule has 1 heterocycles. The van der Waals surface area contributed by atoms with Crippen LogP contribution in [0.2, 0.25) is 0 Å². The predicted octanol–water partition coefficient (Wildman–Crippen LogP) is 2.74. The quantitative estimate of drug-likeness (QED) is 0.837. The first-order chi connectivity index (χ1) is 7.58. The van der Waals surface area contributed by atoms with Gasteiger partial charge >= 0.3 is 0 Å². The Morgan fingerprint density at radius 3 is 2.75 bits per heavy atom. The molecule has 1 N–H and O–H groups in total. The van der Waals surface area contributed by atoms with Crippen molar-refractivity contribution in [1.82, 2.24) is 0 Å². The van der Waals surface area contributed by atoms with Crippen LogP contribution in [0.5, 0.6) is 0 Å². The molecule has 1 aliphatic rings. The lowest BCUT2D eigenvalue weighted by atomic mass is 10.0. The van der Waals surface area contributed by atoms with Gasteiger partial charge in [-0.05, 0) is 43.9 Å². The largest absolute Gasteiger partial charge is 0.386 e. The topological polar surface area (TPSA) is 29.5 Å². The summed E-state index contributed by atoms with van der Waals surface area (Å²) in [5.41, 5.74) is 1.29. The SMILES string of the molecule is Cc1cc([C@@H](O)[C@@H]2CC[C@H](C)O2)ccc1F. The Bertz CT molecular complexity index is 378. The molecule has 88 valence electrons. The fraction of sp³-hybridized carbons (Fsp3) is 0.538. The van der Waals surface area contributed by atoms with Crippen LogP contribution in [-0.2, 0) is 4.74 Å². The van der Waals surface area contributed by atoms with E-state index in [1.165, 1.54) is 6.07 Å². The van der Waals surface area contributed by atoms with Crippen molar-refractivity contribution in [2.75, 3.05) is 0 Å². The van der Waals surface area contributed by atoms with Crippen molar-refractivity contribution in [2.45, 2.75) is 45.0 Å². The van der Waals surface area contributed by atoms with Crippen molar-refractivity contribution < 1.29 is 14.2 Å². The predicted molar refractivity (Wildman–Crippen MR) is 59.7 cm³/mol. The van der Waals surface area contributed by atoms with E-state index in [1.54, 1.807) is 19.1 Å². The van der Waals surface area contributed by atoms with Crippen LogP contribution in [0.4, 0.5) is 4.39 Å². The highest BCUT2D eigenvalue weighted by molar-refractivity contribution is 5.26. The summed E-state index contributed by atoms with van der Waals surface area (Å²) in [6.45, 7) is 3.70. The maximum Gasteiger partial charge on any atom is 0.126 e. The molecule has 3 atom stereocenters. The lowest BCUT2D eigenvalue weighted by Gasteiger charge is -2.19. The number of hydrogen-bond acceptors (Lipinski definition) is 2. The highest BCUT2D eigenvalue weighted by atomic mass is 19.1. The standard InChI is InChI=1S/C13H17FO2/c1-8-7-10(4-5-11(8)14)13(15)12-6-3-9(2)16-12/h4-5,7,9,12-13,15H,3,6H2,1-2H3/t9-,12-,13+/m0/s1. The lowest BCUT2D eigenvalue weighted by Crippen LogP contribution is -2.18. The Balaban J connectivity index is 2.14. The lowest BCUT2D eigenvalue weighted by molar-refractivity contribution is -0.0297. The molecule has 1 aromatic carbocycles. The molecule has 2 nitrogen and oxygen atoms in total. The van der Waals surface area contributed by atoms with Crippen molar-refractivity contribution in [3.05, 3.63) is 35.1 Å². The summed E-state index contributed by atoms with van der Waals surface area (Å²) in [5, 5.41) is 10.1. The van der Waals surface area contributed by atoms with E-state index in [0.717, 1.165) is 18.4 Å². The summed E-state index contributed by atoms with van der Waals surface area (Å²) in [5.74, 6) is -0.239. The zero-order chi connectivity index (χ0) is 11.7. The van der Waals surface area contributed by atoms with Gasteiger partial charge < -0.3 is 9.84 Å². The monoisotopic (exact) mass is 224 g/mol. The van der Waals surface area contributed by atoms with Gasteiger partial charge in [0, 0.05) is 0 Å². The average Bonchev–Trinajstić information content (AvgIpc) is 2.68. The first-order valence-corrected chi connectivity index (χ1v) is 5.67. The molecule has 16 heavy (non-hydrogen) atoms. The second kappa shape index (κ2) is 4.52. The van der Waals surface area contributed by atoms with Crippen molar-refractivity contribution in [3.8, 4) is 0 Å². The van der Waals surface area contributed by atoms with Gasteiger partial charge in [-0.2, -0.15) is 0 Å². The number of benzene rings is 1. The maximum absolute atomic E-state index is 13.1. The molecule has 0 unspecified atom stereocenters. The van der Waals surface area contributed by atoms with Gasteiger partial charge in [0.25, 0.3) is 0 Å². The van der Waals surface area contributed by atoms with Crippen LogP contribution >= 0.6 is 0 Å². The van der Waals surface area contributed by atoms with Crippen LogP contribution in [0.1, 0.15) is 37.0 Å². The van der Waals surface area contributed by atoms with Crippen molar-refractivity contribution in [2.24, 2.45) is 0 Å². The number of hydrogen-bond donors (Lipinski definition) is 1. The van der Waals surface area contributed by atoms with Gasteiger partial charge in [0.05, 0.1) is 12.2 Å². The Labute approximate surface area is 95.1 Å². The Morgan fingerprint density at radius 1 is 1.44 bits per heavy atom. The van der Waals surface area contributed by atoms with Crippen LogP contribution in [0.25, 0.3) is 0 Å². The van der Waals surface area contributed by atoms with E-state index >= 15 is 0 Å². The van der Waals surface area contributed by atoms with Crippen LogP contribution in [0.3, 0.4) is 0 Å². The van der Waals surface area contributed by atoms with Crippen LogP contribution in [-0.4, -0.2) is 17.3 Å². The minimum absolute atomic E-state index is 0.153. The van der Waals surface area contributed by atoms with Gasteiger partial charge in [-0.1, -0.05) is 12.1 Å². The fourth-order valence-corrected chi connectivity index (χ4v) is 2.13. The molecule has 1 saturated heterocycles. The summed E-state index contributed by atoms with van der Waals surface area (Å²) < 4.78 is 18.7. The second-order valence-electron chi connectivity index (χ2n) is 4.52. The van der Waals surface area contributed by atoms with Crippen LogP contribution < -0.4 is 0 Å². The first-order valence-electron chi connectivity index (χ1n) is 5.67. The number of aliphatic hydroxyl groups is 1. The molecule has 1 fully saturated rings. The number of ether oxygens (including phenoxy) is 1. The number of aryl methyl sites for hydroxylation is 1. The molecule has 3 heteroatoms. The Hall–Kier alpha value is -0.930. The van der Waals surface area contributed by atoms with E-state index in [-0.39, 0.29) is 18.0 Å². The fourth-order valence-electron chi connectivity index (χ4n) is 2.13. The second-order valence-corrected chi connectivity index (χ2v) is 4.52. The van der Waals surface area contributed by atoms with E-state index in [1.807, 2.05) is 6.92 Å². The van der Waals surface area contributed by atoms with Crippen molar-refractivity contribution in [3.63, 3.8) is 0 Å². The summed E-state index contributed by atoms with van der Waals surface area (Å²) in [4.78, 5) is 0. The van der Waals surface area contributed by atoms with Crippen molar-refractivity contribution >= 4 is 0 Å². The molecule has 0 bridgehead atoms. The average molecular weight is 224 g/mol. The zero-order valence-corrected chi connectivity index (χ0v) is 9.61. The molecule has 2 rings (SSSR count). The van der Waals surface area contributed by atoms with Crippen LogP contribution in [0, 0.1) is 12.7 Å². The van der Waals surface area contributed by atoms with Gasteiger partial charge in [-0.25, -0.2) is 4.39 Å². The van der Waals surface area contributed by atoms with E-state index < -0.39 is 6.10 Å². The molecule has 1 aliphatic heterocycles. The molecule has 0 aromatic heterocycles. The third kappa shape index (κ3) is 2.25.